The fraction of sp³-hybridized carbons (Fsp3) is 0.545. The first-order valence-corrected chi connectivity index (χ1v) is 19.3. The minimum absolute atomic E-state index is 0.0515. The van der Waals surface area contributed by atoms with Gasteiger partial charge in [-0.05, 0) is 70.4 Å². The van der Waals surface area contributed by atoms with E-state index in [1.54, 1.807) is 48.3 Å². The van der Waals surface area contributed by atoms with E-state index in [9.17, 15) is 9.18 Å². The van der Waals surface area contributed by atoms with Gasteiger partial charge in [-0.2, -0.15) is 5.10 Å². The van der Waals surface area contributed by atoms with Crippen LogP contribution in [0.4, 0.5) is 13.6 Å². The molecule has 0 aromatic carbocycles. The fourth-order valence-electron chi connectivity index (χ4n) is 5.26. The van der Waals surface area contributed by atoms with E-state index in [4.69, 9.17) is 25.5 Å². The van der Waals surface area contributed by atoms with Crippen LogP contribution >= 0.6 is 11.6 Å². The zero-order chi connectivity index (χ0) is 35.2. The van der Waals surface area contributed by atoms with Gasteiger partial charge in [0.15, 0.2) is 14.4 Å². The normalized spacial score (nSPS) is 18.3. The number of aromatic nitrogens is 6. The zero-order valence-corrected chi connectivity index (χ0v) is 30.7. The standard InChI is InChI=1S/C33H44ClF2N7O4Si/c1-20-29(39-40-43(20)26-12-13-41(18-24(26)36)31(44)47-32(2,3)4)21-14-27(30-23(34)16-38-42(30)17-21)46-28(25-11-10-22(35)15-37-25)19-45-48(8,9)33(5,6)7/h10-11,14-17,24,26,28H,12-13,18-19H2,1-9H3/t24-,26-,28?/m1/s1. The fourth-order valence-corrected chi connectivity index (χ4v) is 6.49. The number of amides is 1. The van der Waals surface area contributed by atoms with Gasteiger partial charge in [0, 0.05) is 18.3 Å². The number of carbonyl (C=O) groups excluding carboxylic acids is 1. The van der Waals surface area contributed by atoms with Crippen molar-refractivity contribution in [2.24, 2.45) is 0 Å². The van der Waals surface area contributed by atoms with Crippen LogP contribution in [-0.2, 0) is 9.16 Å². The van der Waals surface area contributed by atoms with Gasteiger partial charge >= 0.3 is 6.09 Å². The molecule has 4 aromatic rings. The highest BCUT2D eigenvalue weighted by Crippen LogP contribution is 2.39. The smallest absolute Gasteiger partial charge is 0.410 e. The van der Waals surface area contributed by atoms with E-state index in [1.165, 1.54) is 17.2 Å². The molecule has 0 aliphatic carbocycles. The third-order valence-electron chi connectivity index (χ3n) is 8.96. The SMILES string of the molecule is Cc1c(-c2cc(OC(CO[Si](C)(C)C(C)(C)C)c3ccc(F)cn3)c3c(Cl)cnn3c2)nnn1[C@@H]1CCN(C(=O)OC(C)(C)C)C[C@H]1F. The summed E-state index contributed by atoms with van der Waals surface area (Å²) < 4.78 is 51.2. The van der Waals surface area contributed by atoms with Gasteiger partial charge < -0.3 is 18.8 Å². The van der Waals surface area contributed by atoms with E-state index in [1.807, 2.05) is 6.92 Å². The largest absolute Gasteiger partial charge is 0.479 e. The van der Waals surface area contributed by atoms with Crippen molar-refractivity contribution >= 4 is 31.5 Å². The number of pyridine rings is 2. The molecule has 5 heterocycles. The Morgan fingerprint density at radius 2 is 1.90 bits per heavy atom. The van der Waals surface area contributed by atoms with Gasteiger partial charge in [-0.15, -0.1) is 5.10 Å². The number of alkyl halides is 1. The molecule has 0 radical (unpaired) electrons. The van der Waals surface area contributed by atoms with Gasteiger partial charge in [0.1, 0.15) is 34.6 Å². The molecule has 1 fully saturated rings. The van der Waals surface area contributed by atoms with Gasteiger partial charge in [-0.3, -0.25) is 4.98 Å². The Hall–Kier alpha value is -3.62. The van der Waals surface area contributed by atoms with Crippen LogP contribution in [0.3, 0.4) is 0 Å². The van der Waals surface area contributed by atoms with Crippen LogP contribution in [0.15, 0.2) is 36.8 Å². The van der Waals surface area contributed by atoms with Crippen LogP contribution in [0, 0.1) is 12.7 Å². The second-order valence-electron chi connectivity index (χ2n) is 14.7. The maximum absolute atomic E-state index is 15.6. The van der Waals surface area contributed by atoms with E-state index in [0.29, 0.717) is 51.9 Å². The molecule has 4 aromatic heterocycles. The monoisotopic (exact) mass is 703 g/mol. The highest BCUT2D eigenvalue weighted by atomic mass is 35.5. The van der Waals surface area contributed by atoms with Gasteiger partial charge in [0.25, 0.3) is 0 Å². The molecule has 1 unspecified atom stereocenters. The average Bonchev–Trinajstić information content (AvgIpc) is 3.56. The second-order valence-corrected chi connectivity index (χ2v) is 19.9. The van der Waals surface area contributed by atoms with Crippen molar-refractivity contribution in [3.05, 3.63) is 59.0 Å². The second kappa shape index (κ2) is 13.4. The molecule has 0 N–H and O–H groups in total. The molecule has 15 heteroatoms. The highest BCUT2D eigenvalue weighted by Gasteiger charge is 2.39. The number of hydrogen-bond acceptors (Lipinski definition) is 8. The Morgan fingerprint density at radius 1 is 1.17 bits per heavy atom. The Morgan fingerprint density at radius 3 is 2.52 bits per heavy atom. The summed E-state index contributed by atoms with van der Waals surface area (Å²) in [5, 5.41) is 13.5. The number of hydrogen-bond donors (Lipinski definition) is 0. The van der Waals surface area contributed by atoms with Crippen molar-refractivity contribution in [1.82, 2.24) is 34.5 Å². The summed E-state index contributed by atoms with van der Waals surface area (Å²) in [6.07, 6.45) is 2.13. The third kappa shape index (κ3) is 7.65. The summed E-state index contributed by atoms with van der Waals surface area (Å²) in [6.45, 7) is 18.3. The first-order valence-electron chi connectivity index (χ1n) is 16.0. The topological polar surface area (TPSA) is 109 Å². The maximum atomic E-state index is 15.6. The van der Waals surface area contributed by atoms with Crippen molar-refractivity contribution in [1.29, 1.82) is 0 Å². The summed E-state index contributed by atoms with van der Waals surface area (Å²) in [5.41, 5.74) is 2.08. The van der Waals surface area contributed by atoms with Crippen molar-refractivity contribution in [3.63, 3.8) is 0 Å². The molecule has 11 nitrogen and oxygen atoms in total. The summed E-state index contributed by atoms with van der Waals surface area (Å²) in [5.74, 6) is -0.0800. The Kier molecular flexibility index (Phi) is 9.93. The molecule has 48 heavy (non-hydrogen) atoms. The highest BCUT2D eigenvalue weighted by molar-refractivity contribution is 6.74. The van der Waals surface area contributed by atoms with Crippen molar-refractivity contribution in [2.45, 2.75) is 96.9 Å². The molecule has 1 amide bonds. The summed E-state index contributed by atoms with van der Waals surface area (Å²) >= 11 is 6.59. The lowest BCUT2D eigenvalue weighted by atomic mass is 10.0. The van der Waals surface area contributed by atoms with Gasteiger partial charge in [0.2, 0.25) is 0 Å². The summed E-state index contributed by atoms with van der Waals surface area (Å²) in [7, 11) is -2.20. The van der Waals surface area contributed by atoms with Crippen LogP contribution in [0.2, 0.25) is 23.2 Å². The van der Waals surface area contributed by atoms with Crippen LogP contribution in [0.5, 0.6) is 5.75 Å². The molecule has 0 bridgehead atoms. The predicted octanol–water partition coefficient (Wildman–Crippen LogP) is 7.75. The van der Waals surface area contributed by atoms with Gasteiger partial charge in [-0.25, -0.2) is 22.8 Å². The minimum atomic E-state index is -2.20. The van der Waals surface area contributed by atoms with E-state index >= 15 is 4.39 Å². The quantitative estimate of drug-likeness (QED) is 0.172. The van der Waals surface area contributed by atoms with Crippen molar-refractivity contribution < 1.29 is 27.5 Å². The molecule has 0 saturated carbocycles. The van der Waals surface area contributed by atoms with Crippen LogP contribution in [-0.4, -0.2) is 80.4 Å². The number of piperidine rings is 1. The molecule has 0 spiro atoms. The third-order valence-corrected chi connectivity index (χ3v) is 13.7. The van der Waals surface area contributed by atoms with Gasteiger partial charge in [-0.1, -0.05) is 37.6 Å². The summed E-state index contributed by atoms with van der Waals surface area (Å²) in [6, 6.07) is 4.07. The van der Waals surface area contributed by atoms with Crippen LogP contribution < -0.4 is 4.74 Å². The average molecular weight is 704 g/mol. The van der Waals surface area contributed by atoms with Gasteiger partial charge in [0.05, 0.1) is 48.0 Å². The predicted molar refractivity (Wildman–Crippen MR) is 181 cm³/mol. The molecular weight excluding hydrogens is 660 g/mol. The number of nitrogens with zero attached hydrogens (tertiary/aromatic N) is 7. The molecule has 1 aliphatic heterocycles. The van der Waals surface area contributed by atoms with E-state index in [0.717, 1.165) is 6.20 Å². The number of rotatable bonds is 8. The summed E-state index contributed by atoms with van der Waals surface area (Å²) in [4.78, 5) is 18.3. The number of ether oxygens (including phenoxy) is 2. The van der Waals surface area contributed by atoms with Crippen LogP contribution in [0.1, 0.15) is 71.5 Å². The van der Waals surface area contributed by atoms with Crippen molar-refractivity contribution in [2.75, 3.05) is 19.7 Å². The molecule has 5 rings (SSSR count). The lowest BCUT2D eigenvalue weighted by Crippen LogP contribution is -2.47. The number of likely N-dealkylation sites (tertiary alicyclic amines) is 1. The molecule has 260 valence electrons. The number of fused-ring (bicyclic) bond motifs is 1. The first kappa shape index (κ1) is 35.7. The molecule has 1 aliphatic rings. The van der Waals surface area contributed by atoms with Crippen LogP contribution in [0.25, 0.3) is 16.8 Å². The Bertz CT molecular complexity index is 1770. The van der Waals surface area contributed by atoms with E-state index in [-0.39, 0.29) is 18.2 Å². The lowest BCUT2D eigenvalue weighted by molar-refractivity contribution is 0.00546. The minimum Gasteiger partial charge on any atom is -0.479 e. The Labute approximate surface area is 285 Å². The van der Waals surface area contributed by atoms with E-state index in [2.05, 4.69) is 54.3 Å². The maximum Gasteiger partial charge on any atom is 0.410 e. The van der Waals surface area contributed by atoms with E-state index < -0.39 is 44.1 Å². The van der Waals surface area contributed by atoms with Crippen molar-refractivity contribution in [3.8, 4) is 17.0 Å². The Balaban J connectivity index is 1.45. The molecule has 3 atom stereocenters. The molecular formula is C33H44ClF2N7O4Si. The lowest BCUT2D eigenvalue weighted by Gasteiger charge is -2.37. The molecule has 1 saturated heterocycles. The number of carbonyl (C=O) groups is 1. The zero-order valence-electron chi connectivity index (χ0n) is 28.9. The number of halogens is 3. The first-order chi connectivity index (χ1) is 22.3.